The number of sulfone groups is 1. The lowest BCUT2D eigenvalue weighted by Crippen LogP contribution is -2.09. The van der Waals surface area contributed by atoms with Crippen molar-refractivity contribution in [1.82, 2.24) is 0 Å². The van der Waals surface area contributed by atoms with Crippen LogP contribution in [0.4, 0.5) is 14.5 Å². The maximum absolute atomic E-state index is 13.6. The fraction of sp³-hybridized carbons (Fsp3) is 0.0769. The van der Waals surface area contributed by atoms with Gasteiger partial charge in [0.2, 0.25) is 0 Å². The SMILES string of the molecule is Nc1ccc(Cl)cc1CS(=O)(=O)c1ccc(F)cc1F. The van der Waals surface area contributed by atoms with Gasteiger partial charge < -0.3 is 5.73 Å². The first-order chi connectivity index (χ1) is 9.29. The molecule has 0 aliphatic carbocycles. The van der Waals surface area contributed by atoms with E-state index in [-0.39, 0.29) is 11.3 Å². The molecule has 0 fully saturated rings. The Morgan fingerprint density at radius 2 is 1.80 bits per heavy atom. The normalized spacial score (nSPS) is 11.6. The molecule has 0 atom stereocenters. The Kier molecular flexibility index (Phi) is 3.96. The highest BCUT2D eigenvalue weighted by Crippen LogP contribution is 2.25. The zero-order valence-corrected chi connectivity index (χ0v) is 11.7. The summed E-state index contributed by atoms with van der Waals surface area (Å²) in [7, 11) is -3.98. The van der Waals surface area contributed by atoms with E-state index in [9.17, 15) is 17.2 Å². The van der Waals surface area contributed by atoms with Gasteiger partial charge in [0, 0.05) is 16.8 Å². The summed E-state index contributed by atoms with van der Waals surface area (Å²) in [6, 6.07) is 6.68. The van der Waals surface area contributed by atoms with Crippen LogP contribution in [0.5, 0.6) is 0 Å². The van der Waals surface area contributed by atoms with E-state index in [2.05, 4.69) is 0 Å². The summed E-state index contributed by atoms with van der Waals surface area (Å²) in [5.74, 6) is -2.49. The Morgan fingerprint density at radius 3 is 2.45 bits per heavy atom. The van der Waals surface area contributed by atoms with Crippen molar-refractivity contribution in [3.63, 3.8) is 0 Å². The van der Waals surface area contributed by atoms with Gasteiger partial charge in [0.1, 0.15) is 16.5 Å². The second-order valence-corrected chi connectivity index (χ2v) is 6.57. The van der Waals surface area contributed by atoms with Crippen LogP contribution in [0.25, 0.3) is 0 Å². The molecule has 2 N–H and O–H groups in total. The molecule has 0 saturated heterocycles. The van der Waals surface area contributed by atoms with Gasteiger partial charge in [0.05, 0.1) is 5.75 Å². The number of hydrogen-bond donors (Lipinski definition) is 1. The van der Waals surface area contributed by atoms with E-state index in [1.165, 1.54) is 18.2 Å². The standard InChI is InChI=1S/C13H10ClF2NO2S/c14-9-1-3-12(17)8(5-9)7-20(18,19)13-4-2-10(15)6-11(13)16/h1-6H,7,17H2. The molecule has 7 heteroatoms. The molecule has 0 heterocycles. The van der Waals surface area contributed by atoms with Gasteiger partial charge in [0.25, 0.3) is 0 Å². The third kappa shape index (κ3) is 3.08. The smallest absolute Gasteiger partial charge is 0.185 e. The Labute approximate surface area is 119 Å². The van der Waals surface area contributed by atoms with Crippen LogP contribution in [0.1, 0.15) is 5.56 Å². The predicted octanol–water partition coefficient (Wildman–Crippen LogP) is 3.17. The highest BCUT2D eigenvalue weighted by Gasteiger charge is 2.21. The molecule has 2 aromatic rings. The molecule has 0 aliphatic heterocycles. The van der Waals surface area contributed by atoms with Crippen molar-refractivity contribution in [2.75, 3.05) is 5.73 Å². The fourth-order valence-corrected chi connectivity index (χ4v) is 3.35. The average Bonchev–Trinajstić information content (AvgIpc) is 2.33. The fourth-order valence-electron chi connectivity index (χ4n) is 1.71. The van der Waals surface area contributed by atoms with Gasteiger partial charge in [-0.25, -0.2) is 17.2 Å². The van der Waals surface area contributed by atoms with Crippen LogP contribution in [0.2, 0.25) is 5.02 Å². The molecular formula is C13H10ClF2NO2S. The molecule has 0 spiro atoms. The number of benzene rings is 2. The van der Waals surface area contributed by atoms with Gasteiger partial charge in [-0.3, -0.25) is 0 Å². The van der Waals surface area contributed by atoms with Crippen molar-refractivity contribution >= 4 is 27.1 Å². The average molecular weight is 318 g/mol. The Hall–Kier alpha value is -1.66. The van der Waals surface area contributed by atoms with Crippen LogP contribution in [-0.4, -0.2) is 8.42 Å². The first-order valence-corrected chi connectivity index (χ1v) is 7.54. The maximum Gasteiger partial charge on any atom is 0.185 e. The largest absolute Gasteiger partial charge is 0.398 e. The van der Waals surface area contributed by atoms with Crippen LogP contribution in [0.15, 0.2) is 41.3 Å². The highest BCUT2D eigenvalue weighted by atomic mass is 35.5. The van der Waals surface area contributed by atoms with Crippen LogP contribution in [0, 0.1) is 11.6 Å². The van der Waals surface area contributed by atoms with E-state index in [0.717, 1.165) is 12.1 Å². The van der Waals surface area contributed by atoms with E-state index in [4.69, 9.17) is 17.3 Å². The lowest BCUT2D eigenvalue weighted by Gasteiger charge is -2.08. The van der Waals surface area contributed by atoms with Crippen molar-refractivity contribution in [3.8, 4) is 0 Å². The highest BCUT2D eigenvalue weighted by molar-refractivity contribution is 7.90. The number of rotatable bonds is 3. The summed E-state index contributed by atoms with van der Waals surface area (Å²) >= 11 is 5.77. The van der Waals surface area contributed by atoms with E-state index >= 15 is 0 Å². The van der Waals surface area contributed by atoms with E-state index in [1.54, 1.807) is 0 Å². The molecule has 20 heavy (non-hydrogen) atoms. The van der Waals surface area contributed by atoms with Gasteiger partial charge in [0.15, 0.2) is 9.84 Å². The second kappa shape index (κ2) is 5.38. The Morgan fingerprint density at radius 1 is 1.10 bits per heavy atom. The summed E-state index contributed by atoms with van der Waals surface area (Å²) in [5.41, 5.74) is 6.16. The lowest BCUT2D eigenvalue weighted by atomic mass is 10.2. The Bertz CT molecular complexity index is 763. The summed E-state index contributed by atoms with van der Waals surface area (Å²) in [4.78, 5) is -0.571. The maximum atomic E-state index is 13.6. The summed E-state index contributed by atoms with van der Waals surface area (Å²) in [6.07, 6.45) is 0. The number of halogens is 3. The quantitative estimate of drug-likeness (QED) is 0.698. The van der Waals surface area contributed by atoms with Crippen LogP contribution in [0.3, 0.4) is 0 Å². The molecule has 2 rings (SSSR count). The summed E-state index contributed by atoms with van der Waals surface area (Å²) < 4.78 is 50.6. The van der Waals surface area contributed by atoms with Crippen molar-refractivity contribution < 1.29 is 17.2 Å². The van der Waals surface area contributed by atoms with Gasteiger partial charge in [-0.15, -0.1) is 0 Å². The minimum Gasteiger partial charge on any atom is -0.398 e. The number of nitrogen functional groups attached to an aromatic ring is 1. The van der Waals surface area contributed by atoms with Crippen molar-refractivity contribution in [3.05, 3.63) is 58.6 Å². The third-order valence-corrected chi connectivity index (χ3v) is 4.61. The molecule has 0 saturated carbocycles. The van der Waals surface area contributed by atoms with Crippen LogP contribution in [-0.2, 0) is 15.6 Å². The second-order valence-electron chi connectivity index (χ2n) is 4.18. The van der Waals surface area contributed by atoms with Crippen molar-refractivity contribution in [2.24, 2.45) is 0 Å². The van der Waals surface area contributed by atoms with Gasteiger partial charge in [-0.1, -0.05) is 11.6 Å². The van der Waals surface area contributed by atoms with E-state index in [0.29, 0.717) is 11.1 Å². The molecule has 0 bridgehead atoms. The van der Waals surface area contributed by atoms with Gasteiger partial charge in [-0.2, -0.15) is 0 Å². The molecule has 0 aliphatic rings. The lowest BCUT2D eigenvalue weighted by molar-refractivity contribution is 0.549. The summed E-state index contributed by atoms with van der Waals surface area (Å²) in [6.45, 7) is 0. The topological polar surface area (TPSA) is 60.2 Å². The minimum absolute atomic E-state index is 0.237. The zero-order chi connectivity index (χ0) is 14.9. The third-order valence-electron chi connectivity index (χ3n) is 2.68. The van der Waals surface area contributed by atoms with Gasteiger partial charge in [-0.05, 0) is 35.9 Å². The van der Waals surface area contributed by atoms with Gasteiger partial charge >= 0.3 is 0 Å². The molecule has 106 valence electrons. The molecule has 2 aromatic carbocycles. The molecule has 0 radical (unpaired) electrons. The molecular weight excluding hydrogens is 308 g/mol. The van der Waals surface area contributed by atoms with Crippen molar-refractivity contribution in [2.45, 2.75) is 10.6 Å². The number of nitrogens with two attached hydrogens (primary N) is 1. The predicted molar refractivity (Wildman–Crippen MR) is 73.1 cm³/mol. The molecule has 0 unspecified atom stereocenters. The zero-order valence-electron chi connectivity index (χ0n) is 10.1. The van der Waals surface area contributed by atoms with E-state index < -0.39 is 32.1 Å². The first kappa shape index (κ1) is 14.7. The first-order valence-electron chi connectivity index (χ1n) is 5.51. The minimum atomic E-state index is -3.98. The number of hydrogen-bond acceptors (Lipinski definition) is 3. The monoisotopic (exact) mass is 317 g/mol. The van der Waals surface area contributed by atoms with E-state index in [1.807, 2.05) is 0 Å². The van der Waals surface area contributed by atoms with Crippen LogP contribution >= 0.6 is 11.6 Å². The molecule has 3 nitrogen and oxygen atoms in total. The molecule has 0 amide bonds. The van der Waals surface area contributed by atoms with Crippen molar-refractivity contribution in [1.29, 1.82) is 0 Å². The number of anilines is 1. The Balaban J connectivity index is 2.43. The van der Waals surface area contributed by atoms with Crippen LogP contribution < -0.4 is 5.73 Å². The molecule has 0 aromatic heterocycles. The summed E-state index contributed by atoms with van der Waals surface area (Å²) in [5, 5.41) is 0.323.